The maximum absolute atomic E-state index is 12.0. The minimum absolute atomic E-state index is 0.0590. The monoisotopic (exact) mass is 325 g/mol. The number of furan rings is 1. The number of nitrogens with zero attached hydrogens (tertiary/aromatic N) is 2. The fraction of sp³-hybridized carbons (Fsp3) is 0.222. The van der Waals surface area contributed by atoms with Crippen molar-refractivity contribution in [2.24, 2.45) is 0 Å². The number of anilines is 1. The number of carbonyl (C=O) groups is 1. The van der Waals surface area contributed by atoms with Crippen LogP contribution in [0.15, 0.2) is 47.0 Å². The molecule has 3 aromatic rings. The van der Waals surface area contributed by atoms with Crippen LogP contribution in [0.2, 0.25) is 0 Å². The highest BCUT2D eigenvalue weighted by Gasteiger charge is 2.09. The van der Waals surface area contributed by atoms with Gasteiger partial charge in [-0.05, 0) is 36.4 Å². The second-order valence-electron chi connectivity index (χ2n) is 5.60. The van der Waals surface area contributed by atoms with E-state index in [1.165, 1.54) is 4.90 Å². The second kappa shape index (κ2) is 6.62. The molecule has 0 saturated heterocycles. The molecule has 24 heavy (non-hydrogen) atoms. The van der Waals surface area contributed by atoms with E-state index in [9.17, 15) is 4.79 Å². The van der Waals surface area contributed by atoms with Gasteiger partial charge in [0, 0.05) is 31.2 Å². The van der Waals surface area contributed by atoms with Crippen LogP contribution in [0.3, 0.4) is 0 Å². The van der Waals surface area contributed by atoms with Crippen molar-refractivity contribution in [2.45, 2.75) is 6.54 Å². The third-order valence-corrected chi connectivity index (χ3v) is 3.63. The largest absolute Gasteiger partial charge is 0.497 e. The van der Waals surface area contributed by atoms with Crippen LogP contribution in [0.1, 0.15) is 16.1 Å². The molecular weight excluding hydrogens is 306 g/mol. The number of benzene rings is 1. The predicted molar refractivity (Wildman–Crippen MR) is 92.3 cm³/mol. The number of amides is 1. The molecule has 0 atom stereocenters. The molecule has 2 heterocycles. The van der Waals surface area contributed by atoms with E-state index in [1.54, 1.807) is 39.5 Å². The summed E-state index contributed by atoms with van der Waals surface area (Å²) >= 11 is 0. The minimum Gasteiger partial charge on any atom is -0.497 e. The van der Waals surface area contributed by atoms with Gasteiger partial charge in [0.1, 0.15) is 22.9 Å². The van der Waals surface area contributed by atoms with Crippen LogP contribution in [0.25, 0.3) is 11.0 Å². The highest BCUT2D eigenvalue weighted by Crippen LogP contribution is 2.24. The Kier molecular flexibility index (Phi) is 4.37. The fourth-order valence-electron chi connectivity index (χ4n) is 2.39. The van der Waals surface area contributed by atoms with Crippen LogP contribution in [0.5, 0.6) is 5.75 Å². The Morgan fingerprint density at radius 1 is 1.25 bits per heavy atom. The second-order valence-corrected chi connectivity index (χ2v) is 5.60. The molecule has 0 spiro atoms. The number of hydrogen-bond donors (Lipinski definition) is 1. The first-order valence-electron chi connectivity index (χ1n) is 7.55. The summed E-state index contributed by atoms with van der Waals surface area (Å²) < 4.78 is 11.0. The highest BCUT2D eigenvalue weighted by atomic mass is 16.5. The van der Waals surface area contributed by atoms with Gasteiger partial charge in [-0.2, -0.15) is 0 Å². The molecule has 0 unspecified atom stereocenters. The average Bonchev–Trinajstić information content (AvgIpc) is 3.01. The average molecular weight is 325 g/mol. The summed E-state index contributed by atoms with van der Waals surface area (Å²) in [5, 5.41) is 4.16. The molecule has 0 aliphatic carbocycles. The van der Waals surface area contributed by atoms with Crippen molar-refractivity contribution in [3.63, 3.8) is 0 Å². The Labute approximate surface area is 140 Å². The molecule has 0 fully saturated rings. The summed E-state index contributed by atoms with van der Waals surface area (Å²) in [7, 11) is 5.08. The normalized spacial score (nSPS) is 10.6. The zero-order chi connectivity index (χ0) is 17.1. The van der Waals surface area contributed by atoms with E-state index in [-0.39, 0.29) is 5.91 Å². The molecule has 2 aromatic heterocycles. The summed E-state index contributed by atoms with van der Waals surface area (Å²) in [4.78, 5) is 17.8. The van der Waals surface area contributed by atoms with Gasteiger partial charge >= 0.3 is 0 Å². The highest BCUT2D eigenvalue weighted by molar-refractivity contribution is 5.94. The van der Waals surface area contributed by atoms with Crippen molar-refractivity contribution >= 4 is 22.7 Å². The number of methoxy groups -OCH3 is 1. The summed E-state index contributed by atoms with van der Waals surface area (Å²) in [6, 6.07) is 11.1. The molecule has 3 rings (SSSR count). The van der Waals surface area contributed by atoms with E-state index in [0.29, 0.717) is 17.9 Å². The molecule has 124 valence electrons. The first kappa shape index (κ1) is 15.9. The van der Waals surface area contributed by atoms with Gasteiger partial charge in [0.2, 0.25) is 0 Å². The van der Waals surface area contributed by atoms with E-state index in [0.717, 1.165) is 22.5 Å². The number of aromatic nitrogens is 1. The summed E-state index contributed by atoms with van der Waals surface area (Å²) in [5.74, 6) is 2.14. The topological polar surface area (TPSA) is 67.6 Å². The first-order valence-corrected chi connectivity index (χ1v) is 7.55. The van der Waals surface area contributed by atoms with E-state index < -0.39 is 0 Å². The summed E-state index contributed by atoms with van der Waals surface area (Å²) in [5.41, 5.74) is 1.39. The van der Waals surface area contributed by atoms with Crippen molar-refractivity contribution in [2.75, 3.05) is 26.5 Å². The number of carbonyl (C=O) groups excluding carboxylic acids is 1. The standard InChI is InChI=1S/C18H19N3O3/c1-21(2)18(22)12-6-7-19-17(10-12)20-11-15-9-13-8-14(23-3)4-5-16(13)24-15/h4-10H,11H2,1-3H3,(H,19,20). The van der Waals surface area contributed by atoms with E-state index >= 15 is 0 Å². The van der Waals surface area contributed by atoms with E-state index in [4.69, 9.17) is 9.15 Å². The predicted octanol–water partition coefficient (Wildman–Crippen LogP) is 3.15. The lowest BCUT2D eigenvalue weighted by atomic mass is 10.2. The van der Waals surface area contributed by atoms with Gasteiger partial charge in [0.15, 0.2) is 0 Å². The number of ether oxygens (including phenoxy) is 1. The Morgan fingerprint density at radius 2 is 2.08 bits per heavy atom. The zero-order valence-corrected chi connectivity index (χ0v) is 13.9. The van der Waals surface area contributed by atoms with Crippen LogP contribution >= 0.6 is 0 Å². The van der Waals surface area contributed by atoms with Gasteiger partial charge in [-0.15, -0.1) is 0 Å². The smallest absolute Gasteiger partial charge is 0.253 e. The number of nitrogens with one attached hydrogen (secondary N) is 1. The van der Waals surface area contributed by atoms with Gasteiger partial charge in [-0.25, -0.2) is 4.98 Å². The Bertz CT molecular complexity index is 871. The Balaban J connectivity index is 1.74. The molecule has 1 amide bonds. The SMILES string of the molecule is COc1ccc2oc(CNc3cc(C(=O)N(C)C)ccn3)cc2c1. The Morgan fingerprint density at radius 3 is 2.83 bits per heavy atom. The summed E-state index contributed by atoms with van der Waals surface area (Å²) in [6.07, 6.45) is 1.61. The maximum atomic E-state index is 12.0. The van der Waals surface area contributed by atoms with Crippen LogP contribution in [0.4, 0.5) is 5.82 Å². The minimum atomic E-state index is -0.0590. The molecule has 1 aromatic carbocycles. The number of hydrogen-bond acceptors (Lipinski definition) is 5. The lowest BCUT2D eigenvalue weighted by molar-refractivity contribution is 0.0827. The van der Waals surface area contributed by atoms with Crippen LogP contribution in [0, 0.1) is 0 Å². The molecule has 6 heteroatoms. The van der Waals surface area contributed by atoms with Crippen molar-refractivity contribution < 1.29 is 13.9 Å². The number of rotatable bonds is 5. The molecule has 6 nitrogen and oxygen atoms in total. The molecule has 0 saturated carbocycles. The quantitative estimate of drug-likeness (QED) is 0.780. The lowest BCUT2D eigenvalue weighted by Gasteiger charge is -2.11. The van der Waals surface area contributed by atoms with Gasteiger partial charge in [-0.1, -0.05) is 0 Å². The van der Waals surface area contributed by atoms with E-state index in [2.05, 4.69) is 10.3 Å². The molecular formula is C18H19N3O3. The zero-order valence-electron chi connectivity index (χ0n) is 13.9. The van der Waals surface area contributed by atoms with Crippen molar-refractivity contribution in [1.82, 2.24) is 9.88 Å². The third-order valence-electron chi connectivity index (χ3n) is 3.63. The van der Waals surface area contributed by atoms with Gasteiger partial charge in [0.25, 0.3) is 5.91 Å². The third kappa shape index (κ3) is 3.32. The van der Waals surface area contributed by atoms with Gasteiger partial charge < -0.3 is 19.4 Å². The van der Waals surface area contributed by atoms with Crippen LogP contribution < -0.4 is 10.1 Å². The Hall–Kier alpha value is -3.02. The van der Waals surface area contributed by atoms with Gasteiger partial charge in [-0.3, -0.25) is 4.79 Å². The fourth-order valence-corrected chi connectivity index (χ4v) is 2.39. The number of pyridine rings is 1. The van der Waals surface area contributed by atoms with E-state index in [1.807, 2.05) is 24.3 Å². The maximum Gasteiger partial charge on any atom is 0.253 e. The molecule has 0 bridgehead atoms. The molecule has 0 aliphatic rings. The van der Waals surface area contributed by atoms with Crippen LogP contribution in [-0.2, 0) is 6.54 Å². The first-order chi connectivity index (χ1) is 11.6. The van der Waals surface area contributed by atoms with Crippen molar-refractivity contribution in [3.8, 4) is 5.75 Å². The molecule has 1 N–H and O–H groups in total. The van der Waals surface area contributed by atoms with Gasteiger partial charge in [0.05, 0.1) is 13.7 Å². The molecule has 0 radical (unpaired) electrons. The number of fused-ring (bicyclic) bond motifs is 1. The molecule has 0 aliphatic heterocycles. The van der Waals surface area contributed by atoms with Crippen molar-refractivity contribution in [1.29, 1.82) is 0 Å². The lowest BCUT2D eigenvalue weighted by Crippen LogP contribution is -2.21. The van der Waals surface area contributed by atoms with Crippen molar-refractivity contribution in [3.05, 3.63) is 53.9 Å². The van der Waals surface area contributed by atoms with Crippen LogP contribution in [-0.4, -0.2) is 37.0 Å². The summed E-state index contributed by atoms with van der Waals surface area (Å²) in [6.45, 7) is 0.476.